The molecule has 1 aromatic carbocycles. The molecule has 0 aliphatic rings. The maximum Gasteiger partial charge on any atom is 0.193 e. The van der Waals surface area contributed by atoms with Gasteiger partial charge in [-0.05, 0) is 42.8 Å². The minimum absolute atomic E-state index is 0.0124. The third kappa shape index (κ3) is 11.6. The van der Waals surface area contributed by atoms with Crippen LogP contribution in [-0.2, 0) is 34.7 Å². The molecular formula is C29H48O8Si. The van der Waals surface area contributed by atoms with Crippen LogP contribution in [0.2, 0.25) is 18.1 Å². The molecule has 216 valence electrons. The van der Waals surface area contributed by atoms with Crippen molar-refractivity contribution in [1.82, 2.24) is 0 Å². The summed E-state index contributed by atoms with van der Waals surface area (Å²) >= 11 is 0. The number of rotatable bonds is 17. The highest BCUT2D eigenvalue weighted by Gasteiger charge is 2.39. The summed E-state index contributed by atoms with van der Waals surface area (Å²) in [6.07, 6.45) is -1.33. The first-order chi connectivity index (χ1) is 17.9. The van der Waals surface area contributed by atoms with Crippen LogP contribution < -0.4 is 4.74 Å². The Hall–Kier alpha value is -1.74. The lowest BCUT2D eigenvalue weighted by atomic mass is 10.0. The van der Waals surface area contributed by atoms with E-state index in [0.29, 0.717) is 13.0 Å². The molecule has 1 rings (SSSR count). The van der Waals surface area contributed by atoms with E-state index in [2.05, 4.69) is 52.3 Å². The molecule has 9 heteroatoms. The fourth-order valence-corrected chi connectivity index (χ4v) is 4.50. The molecule has 0 amide bonds. The van der Waals surface area contributed by atoms with Gasteiger partial charge >= 0.3 is 0 Å². The first-order valence-corrected chi connectivity index (χ1v) is 15.7. The molecule has 0 fully saturated rings. The topological polar surface area (TPSA) is 84.8 Å². The van der Waals surface area contributed by atoms with Gasteiger partial charge in [-0.2, -0.15) is 0 Å². The van der Waals surface area contributed by atoms with Gasteiger partial charge in [0.2, 0.25) is 0 Å². The minimum Gasteiger partial charge on any atom is -0.497 e. The SMILES string of the molecule is C=CC[C@H](C#C[C@@H](O)[C@@H](OCOC)[C@@H](OCOC)[C@H](C)OCc1ccc(OC)cc1)O[Si](C)(C)C(C)(C)C. The molecule has 0 saturated heterocycles. The molecule has 0 heterocycles. The van der Waals surface area contributed by atoms with E-state index in [1.165, 1.54) is 14.2 Å². The standard InChI is InChI=1S/C29H48O8Si/c1-11-12-25(37-38(9,10)29(3,4)5)17-18-26(30)28(36-21-32-7)27(35-20-31-6)22(2)34-19-23-13-15-24(33-8)16-14-23/h11,13-16,22,25-28,30H,1,12,19-21H2,2-10H3/t22-,25+,26+,27-,28+/m0/s1. The van der Waals surface area contributed by atoms with E-state index in [-0.39, 0.29) is 18.6 Å². The van der Waals surface area contributed by atoms with E-state index < -0.39 is 38.8 Å². The number of aliphatic hydroxyl groups is 1. The average Bonchev–Trinajstić information content (AvgIpc) is 2.87. The van der Waals surface area contributed by atoms with Crippen LogP contribution in [-0.4, -0.2) is 78.9 Å². The van der Waals surface area contributed by atoms with Gasteiger partial charge in [0.15, 0.2) is 8.32 Å². The fraction of sp³-hybridized carbons (Fsp3) is 0.655. The summed E-state index contributed by atoms with van der Waals surface area (Å²) < 4.78 is 39.8. The number of ether oxygens (including phenoxy) is 6. The largest absolute Gasteiger partial charge is 0.497 e. The molecule has 0 aromatic heterocycles. The molecule has 38 heavy (non-hydrogen) atoms. The predicted molar refractivity (Wildman–Crippen MR) is 151 cm³/mol. The van der Waals surface area contributed by atoms with Crippen molar-refractivity contribution in [1.29, 1.82) is 0 Å². The number of hydrogen-bond acceptors (Lipinski definition) is 8. The monoisotopic (exact) mass is 552 g/mol. The molecule has 0 radical (unpaired) electrons. The molecule has 1 N–H and O–H groups in total. The number of hydrogen-bond donors (Lipinski definition) is 1. The van der Waals surface area contributed by atoms with Gasteiger partial charge in [0.1, 0.15) is 43.8 Å². The fourth-order valence-electron chi connectivity index (χ4n) is 3.28. The van der Waals surface area contributed by atoms with Crippen LogP contribution in [0.15, 0.2) is 36.9 Å². The lowest BCUT2D eigenvalue weighted by Gasteiger charge is -2.38. The molecule has 1 aromatic rings. The maximum atomic E-state index is 11.2. The van der Waals surface area contributed by atoms with Crippen LogP contribution in [0.5, 0.6) is 5.75 Å². The van der Waals surface area contributed by atoms with Crippen LogP contribution in [0.25, 0.3) is 0 Å². The Morgan fingerprint density at radius 3 is 2.03 bits per heavy atom. The van der Waals surface area contributed by atoms with E-state index >= 15 is 0 Å². The molecule has 0 saturated carbocycles. The van der Waals surface area contributed by atoms with Gasteiger partial charge in [-0.15, -0.1) is 6.58 Å². The highest BCUT2D eigenvalue weighted by Crippen LogP contribution is 2.37. The van der Waals surface area contributed by atoms with E-state index in [1.807, 2.05) is 31.2 Å². The predicted octanol–water partition coefficient (Wildman–Crippen LogP) is 4.91. The van der Waals surface area contributed by atoms with Crippen molar-refractivity contribution >= 4 is 8.32 Å². The second-order valence-corrected chi connectivity index (χ2v) is 15.3. The summed E-state index contributed by atoms with van der Waals surface area (Å²) in [5, 5.41) is 11.2. The molecular weight excluding hydrogens is 504 g/mol. The van der Waals surface area contributed by atoms with Crippen molar-refractivity contribution < 1.29 is 38.0 Å². The summed E-state index contributed by atoms with van der Waals surface area (Å²) in [6.45, 7) is 16.8. The molecule has 0 aliphatic heterocycles. The summed E-state index contributed by atoms with van der Waals surface area (Å²) in [4.78, 5) is 0. The van der Waals surface area contributed by atoms with Crippen LogP contribution in [0.4, 0.5) is 0 Å². The molecule has 0 unspecified atom stereocenters. The Labute approximate surface area is 230 Å². The Morgan fingerprint density at radius 1 is 0.947 bits per heavy atom. The minimum atomic E-state index is -2.08. The summed E-state index contributed by atoms with van der Waals surface area (Å²) in [6, 6.07) is 7.60. The zero-order valence-electron chi connectivity index (χ0n) is 24.6. The van der Waals surface area contributed by atoms with Gasteiger partial charge in [0, 0.05) is 20.6 Å². The third-order valence-electron chi connectivity index (χ3n) is 6.54. The van der Waals surface area contributed by atoms with Crippen LogP contribution in [0.3, 0.4) is 0 Å². The van der Waals surface area contributed by atoms with E-state index in [4.69, 9.17) is 32.8 Å². The van der Waals surface area contributed by atoms with Gasteiger partial charge in [-0.1, -0.05) is 50.8 Å². The molecule has 0 aliphatic carbocycles. The van der Waals surface area contributed by atoms with E-state index in [1.54, 1.807) is 13.2 Å². The van der Waals surface area contributed by atoms with Crippen LogP contribution >= 0.6 is 0 Å². The Bertz CT molecular complexity index is 856. The van der Waals surface area contributed by atoms with E-state index in [0.717, 1.165) is 11.3 Å². The number of aliphatic hydroxyl groups excluding tert-OH is 1. The van der Waals surface area contributed by atoms with E-state index in [9.17, 15) is 5.11 Å². The summed E-state index contributed by atoms with van der Waals surface area (Å²) in [7, 11) is 2.58. The Balaban J connectivity index is 3.12. The van der Waals surface area contributed by atoms with Crippen molar-refractivity contribution in [3.8, 4) is 17.6 Å². The maximum absolute atomic E-state index is 11.2. The van der Waals surface area contributed by atoms with Gasteiger partial charge < -0.3 is 38.0 Å². The van der Waals surface area contributed by atoms with Crippen molar-refractivity contribution in [3.63, 3.8) is 0 Å². The normalized spacial score (nSPS) is 16.1. The average molecular weight is 553 g/mol. The van der Waals surface area contributed by atoms with Gasteiger partial charge in [0.05, 0.1) is 19.8 Å². The second-order valence-electron chi connectivity index (χ2n) is 10.6. The lowest BCUT2D eigenvalue weighted by molar-refractivity contribution is -0.207. The number of benzene rings is 1. The molecule has 8 nitrogen and oxygen atoms in total. The molecule has 0 bridgehead atoms. The lowest BCUT2D eigenvalue weighted by Crippen LogP contribution is -2.48. The quantitative estimate of drug-likeness (QED) is 0.126. The van der Waals surface area contributed by atoms with Gasteiger partial charge in [-0.3, -0.25) is 0 Å². The van der Waals surface area contributed by atoms with Crippen molar-refractivity contribution in [3.05, 3.63) is 42.5 Å². The molecule has 5 atom stereocenters. The smallest absolute Gasteiger partial charge is 0.193 e. The zero-order chi connectivity index (χ0) is 28.8. The molecule has 0 spiro atoms. The highest BCUT2D eigenvalue weighted by molar-refractivity contribution is 6.74. The van der Waals surface area contributed by atoms with Crippen molar-refractivity contribution in [2.75, 3.05) is 34.9 Å². The van der Waals surface area contributed by atoms with Crippen LogP contribution in [0, 0.1) is 11.8 Å². The first-order valence-electron chi connectivity index (χ1n) is 12.8. The Morgan fingerprint density at radius 2 is 1.53 bits per heavy atom. The van der Waals surface area contributed by atoms with Gasteiger partial charge in [-0.25, -0.2) is 0 Å². The Kier molecular flexibility index (Phi) is 15.4. The van der Waals surface area contributed by atoms with Crippen molar-refractivity contribution in [2.24, 2.45) is 0 Å². The highest BCUT2D eigenvalue weighted by atomic mass is 28.4. The summed E-state index contributed by atoms with van der Waals surface area (Å²) in [5.41, 5.74) is 0.966. The van der Waals surface area contributed by atoms with Crippen molar-refractivity contribution in [2.45, 2.75) is 89.4 Å². The third-order valence-corrected chi connectivity index (χ3v) is 11.0. The van der Waals surface area contributed by atoms with Gasteiger partial charge in [0.25, 0.3) is 0 Å². The zero-order valence-corrected chi connectivity index (χ0v) is 25.6. The second kappa shape index (κ2) is 17.1. The number of methoxy groups -OCH3 is 3. The van der Waals surface area contributed by atoms with Crippen LogP contribution in [0.1, 0.15) is 39.7 Å². The first kappa shape index (κ1) is 34.3. The summed E-state index contributed by atoms with van der Waals surface area (Å²) in [5.74, 6) is 6.81.